The van der Waals surface area contributed by atoms with Crippen LogP contribution in [0.2, 0.25) is 5.02 Å². The molecule has 4 heteroatoms. The van der Waals surface area contributed by atoms with Crippen molar-refractivity contribution in [3.05, 3.63) is 23.4 Å². The van der Waals surface area contributed by atoms with Crippen LogP contribution in [0.1, 0.15) is 19.8 Å². The van der Waals surface area contributed by atoms with Crippen molar-refractivity contribution in [1.82, 2.24) is 4.98 Å². The number of hydrogen-bond acceptors (Lipinski definition) is 2. The molecule has 15 heavy (non-hydrogen) atoms. The molecule has 0 amide bonds. The number of halogens is 2. The van der Waals surface area contributed by atoms with Gasteiger partial charge in [-0.1, -0.05) is 40.9 Å². The van der Waals surface area contributed by atoms with E-state index in [4.69, 9.17) is 11.6 Å². The minimum absolute atomic E-state index is 0.731. The van der Waals surface area contributed by atoms with Gasteiger partial charge in [-0.25, -0.2) is 4.98 Å². The van der Waals surface area contributed by atoms with E-state index in [9.17, 15) is 0 Å². The third kappa shape index (κ3) is 3.99. The SMILES string of the molecule is CCCCN(CCBr)c1ncccc1Cl. The third-order valence-electron chi connectivity index (χ3n) is 2.17. The summed E-state index contributed by atoms with van der Waals surface area (Å²) in [6.45, 7) is 4.14. The van der Waals surface area contributed by atoms with Gasteiger partial charge in [-0.2, -0.15) is 0 Å². The summed E-state index contributed by atoms with van der Waals surface area (Å²) in [6.07, 6.45) is 4.14. The Balaban J connectivity index is 2.74. The van der Waals surface area contributed by atoms with Crippen molar-refractivity contribution < 1.29 is 0 Å². The number of pyridine rings is 1. The van der Waals surface area contributed by atoms with Crippen LogP contribution in [0, 0.1) is 0 Å². The number of rotatable bonds is 6. The maximum Gasteiger partial charge on any atom is 0.147 e. The molecule has 0 radical (unpaired) electrons. The normalized spacial score (nSPS) is 10.3. The molecule has 0 N–H and O–H groups in total. The fourth-order valence-corrected chi connectivity index (χ4v) is 2.05. The highest BCUT2D eigenvalue weighted by atomic mass is 79.9. The van der Waals surface area contributed by atoms with Crippen molar-refractivity contribution >= 4 is 33.3 Å². The zero-order valence-corrected chi connectivity index (χ0v) is 11.3. The number of anilines is 1. The Morgan fingerprint density at radius 3 is 2.87 bits per heavy atom. The summed E-state index contributed by atoms with van der Waals surface area (Å²) in [4.78, 5) is 6.55. The molecule has 84 valence electrons. The zero-order chi connectivity index (χ0) is 11.1. The van der Waals surface area contributed by atoms with Gasteiger partial charge in [0.25, 0.3) is 0 Å². The number of alkyl halides is 1. The highest BCUT2D eigenvalue weighted by molar-refractivity contribution is 9.09. The molecule has 0 aliphatic rings. The first-order valence-electron chi connectivity index (χ1n) is 5.21. The average molecular weight is 292 g/mol. The van der Waals surface area contributed by atoms with Crippen LogP contribution in [0.5, 0.6) is 0 Å². The third-order valence-corrected chi connectivity index (χ3v) is 2.82. The van der Waals surface area contributed by atoms with E-state index < -0.39 is 0 Å². The summed E-state index contributed by atoms with van der Waals surface area (Å²) < 4.78 is 0. The van der Waals surface area contributed by atoms with Gasteiger partial charge in [-0.05, 0) is 18.6 Å². The quantitative estimate of drug-likeness (QED) is 0.742. The molecule has 0 aromatic carbocycles. The molecule has 1 aromatic rings. The van der Waals surface area contributed by atoms with Gasteiger partial charge in [0.1, 0.15) is 5.82 Å². The fourth-order valence-electron chi connectivity index (χ4n) is 1.38. The number of aromatic nitrogens is 1. The Labute approximate surface area is 105 Å². The second-order valence-corrected chi connectivity index (χ2v) is 4.54. The lowest BCUT2D eigenvalue weighted by Gasteiger charge is -2.23. The first-order valence-corrected chi connectivity index (χ1v) is 6.71. The van der Waals surface area contributed by atoms with E-state index in [-0.39, 0.29) is 0 Å². The van der Waals surface area contributed by atoms with E-state index in [0.717, 1.165) is 29.3 Å². The van der Waals surface area contributed by atoms with Crippen molar-refractivity contribution in [1.29, 1.82) is 0 Å². The molecular weight excluding hydrogens is 275 g/mol. The van der Waals surface area contributed by atoms with E-state index in [1.165, 1.54) is 12.8 Å². The minimum Gasteiger partial charge on any atom is -0.355 e. The molecule has 0 bridgehead atoms. The summed E-state index contributed by atoms with van der Waals surface area (Å²) >= 11 is 9.57. The van der Waals surface area contributed by atoms with Crippen LogP contribution >= 0.6 is 27.5 Å². The van der Waals surface area contributed by atoms with Gasteiger partial charge in [0.2, 0.25) is 0 Å². The largest absolute Gasteiger partial charge is 0.355 e. The Bertz CT molecular complexity index is 294. The van der Waals surface area contributed by atoms with Gasteiger partial charge in [-0.3, -0.25) is 0 Å². The van der Waals surface area contributed by atoms with Gasteiger partial charge < -0.3 is 4.90 Å². The van der Waals surface area contributed by atoms with Crippen LogP contribution in [0.3, 0.4) is 0 Å². The first-order chi connectivity index (χ1) is 7.29. The smallest absolute Gasteiger partial charge is 0.147 e. The standard InChI is InChI=1S/C11H16BrClN2/c1-2-3-8-15(9-6-12)11-10(13)5-4-7-14-11/h4-5,7H,2-3,6,8-9H2,1H3. The Kier molecular flexibility index (Phi) is 6.03. The Morgan fingerprint density at radius 1 is 1.47 bits per heavy atom. The van der Waals surface area contributed by atoms with Crippen molar-refractivity contribution in [3.63, 3.8) is 0 Å². The maximum atomic E-state index is 6.11. The monoisotopic (exact) mass is 290 g/mol. The van der Waals surface area contributed by atoms with Gasteiger partial charge >= 0.3 is 0 Å². The number of unbranched alkanes of at least 4 members (excludes halogenated alkanes) is 1. The molecule has 0 aliphatic heterocycles. The van der Waals surface area contributed by atoms with E-state index in [1.54, 1.807) is 6.20 Å². The van der Waals surface area contributed by atoms with Crippen LogP contribution in [-0.4, -0.2) is 23.4 Å². The van der Waals surface area contributed by atoms with Crippen molar-refractivity contribution in [2.75, 3.05) is 23.3 Å². The predicted molar refractivity (Wildman–Crippen MR) is 70.2 cm³/mol. The second-order valence-electron chi connectivity index (χ2n) is 3.34. The lowest BCUT2D eigenvalue weighted by atomic mass is 10.3. The molecule has 0 atom stereocenters. The van der Waals surface area contributed by atoms with Gasteiger partial charge in [-0.15, -0.1) is 0 Å². The molecule has 0 unspecified atom stereocenters. The second kappa shape index (κ2) is 7.07. The van der Waals surface area contributed by atoms with E-state index in [0.29, 0.717) is 0 Å². The van der Waals surface area contributed by atoms with Crippen LogP contribution in [0.25, 0.3) is 0 Å². The minimum atomic E-state index is 0.731. The topological polar surface area (TPSA) is 16.1 Å². The molecule has 1 rings (SSSR count). The molecule has 1 heterocycles. The van der Waals surface area contributed by atoms with Crippen molar-refractivity contribution in [2.24, 2.45) is 0 Å². The van der Waals surface area contributed by atoms with E-state index >= 15 is 0 Å². The van der Waals surface area contributed by atoms with Crippen molar-refractivity contribution in [2.45, 2.75) is 19.8 Å². The maximum absolute atomic E-state index is 6.11. The van der Waals surface area contributed by atoms with Crippen LogP contribution in [0.4, 0.5) is 5.82 Å². The molecular formula is C11H16BrClN2. The summed E-state index contributed by atoms with van der Waals surface area (Å²) in [5.41, 5.74) is 0. The Hall–Kier alpha value is -0.280. The van der Waals surface area contributed by atoms with E-state index in [1.807, 2.05) is 12.1 Å². The highest BCUT2D eigenvalue weighted by Crippen LogP contribution is 2.22. The summed E-state index contributed by atoms with van der Waals surface area (Å²) in [6, 6.07) is 3.75. The molecule has 0 spiro atoms. The summed E-state index contributed by atoms with van der Waals surface area (Å²) in [5, 5.41) is 1.67. The zero-order valence-electron chi connectivity index (χ0n) is 8.92. The average Bonchev–Trinajstić information content (AvgIpc) is 2.25. The van der Waals surface area contributed by atoms with Crippen LogP contribution in [-0.2, 0) is 0 Å². The predicted octanol–water partition coefficient (Wildman–Crippen LogP) is 3.74. The van der Waals surface area contributed by atoms with Gasteiger partial charge in [0.15, 0.2) is 0 Å². The highest BCUT2D eigenvalue weighted by Gasteiger charge is 2.09. The molecule has 0 saturated carbocycles. The van der Waals surface area contributed by atoms with Crippen LogP contribution < -0.4 is 4.90 Å². The molecule has 2 nitrogen and oxygen atoms in total. The lowest BCUT2D eigenvalue weighted by Crippen LogP contribution is -2.27. The lowest BCUT2D eigenvalue weighted by molar-refractivity contribution is 0.727. The summed E-state index contributed by atoms with van der Waals surface area (Å²) in [5.74, 6) is 0.895. The molecule has 0 aliphatic carbocycles. The molecule has 0 saturated heterocycles. The van der Waals surface area contributed by atoms with Gasteiger partial charge in [0.05, 0.1) is 5.02 Å². The summed E-state index contributed by atoms with van der Waals surface area (Å²) in [7, 11) is 0. The number of hydrogen-bond donors (Lipinski definition) is 0. The van der Waals surface area contributed by atoms with Crippen molar-refractivity contribution in [3.8, 4) is 0 Å². The van der Waals surface area contributed by atoms with Gasteiger partial charge in [0, 0.05) is 24.6 Å². The molecule has 1 aromatic heterocycles. The van der Waals surface area contributed by atoms with Crippen LogP contribution in [0.15, 0.2) is 18.3 Å². The Morgan fingerprint density at radius 2 is 2.27 bits per heavy atom. The fraction of sp³-hybridized carbons (Fsp3) is 0.545. The molecule has 0 fully saturated rings. The first kappa shape index (κ1) is 12.8. The van der Waals surface area contributed by atoms with E-state index in [2.05, 4.69) is 32.7 Å². The number of nitrogens with zero attached hydrogens (tertiary/aromatic N) is 2.